The zero-order valence-corrected chi connectivity index (χ0v) is 60.6. The van der Waals surface area contributed by atoms with Gasteiger partial charge in [0.05, 0.1) is 54.2 Å². The fraction of sp³-hybridized carbons (Fsp3) is 0.250. The van der Waals surface area contributed by atoms with Crippen LogP contribution in [0, 0.1) is 34.0 Å². The number of aromatic nitrogens is 3. The Labute approximate surface area is 635 Å². The van der Waals surface area contributed by atoms with Gasteiger partial charge in [-0.1, -0.05) is 54.6 Å². The molecule has 9 heterocycles. The number of amides is 1. The monoisotopic (exact) mass is 1440 g/mol. The maximum absolute atomic E-state index is 12.2. The number of nitrogens with zero attached hydrogens (tertiary/aromatic N) is 7. The van der Waals surface area contributed by atoms with Crippen molar-refractivity contribution in [1.29, 1.82) is 15.8 Å². The quantitative estimate of drug-likeness (QED) is 0.0670. The number of carboxylic acids is 1. The summed E-state index contributed by atoms with van der Waals surface area (Å²) in [6, 6.07) is 55.4. The number of esters is 1. The molecule has 23 nitrogen and oxygen atoms in total. The van der Waals surface area contributed by atoms with Gasteiger partial charge in [0.1, 0.15) is 87.6 Å². The predicted octanol–water partition coefficient (Wildman–Crippen LogP) is 13.0. The molecule has 3 fully saturated rings. The molecule has 12 aromatic rings. The molecule has 3 N–H and O–H groups in total. The first-order chi connectivity index (χ1) is 51.7. The van der Waals surface area contributed by atoms with Crippen LogP contribution in [0.4, 0.5) is 0 Å². The van der Waals surface area contributed by atoms with E-state index in [0.717, 1.165) is 108 Å². The topological polar surface area (TPSA) is 331 Å². The molecule has 0 bridgehead atoms. The number of hydrogen-bond donors (Lipinski definition) is 2. The maximum Gasteiger partial charge on any atom is 1.00 e. The molecule has 6 aromatic heterocycles. The summed E-state index contributed by atoms with van der Waals surface area (Å²) in [5.41, 5.74) is 14.0. The van der Waals surface area contributed by atoms with Crippen LogP contribution in [0.5, 0.6) is 17.2 Å². The fourth-order valence-corrected chi connectivity index (χ4v) is 12.3. The van der Waals surface area contributed by atoms with Crippen molar-refractivity contribution in [2.75, 3.05) is 74.4 Å². The Hall–Kier alpha value is -11.9. The third-order valence-corrected chi connectivity index (χ3v) is 17.6. The normalized spacial score (nSPS) is 15.0. The van der Waals surface area contributed by atoms with Gasteiger partial charge in [-0.05, 0) is 167 Å². The average Bonchev–Trinajstić information content (AvgIpc) is 1.67. The molecule has 6 aromatic carbocycles. The van der Waals surface area contributed by atoms with Crippen LogP contribution in [-0.2, 0) is 18.9 Å². The molecular formula is C84H77LiN8O15. The van der Waals surface area contributed by atoms with Crippen molar-refractivity contribution in [2.45, 2.75) is 63.8 Å². The molecule has 0 radical (unpaired) electrons. The summed E-state index contributed by atoms with van der Waals surface area (Å²) in [6.07, 6.45) is 10.6. The second-order valence-corrected chi connectivity index (χ2v) is 25.3. The van der Waals surface area contributed by atoms with Crippen molar-refractivity contribution >= 4 is 51.1 Å². The van der Waals surface area contributed by atoms with Crippen LogP contribution >= 0.6 is 0 Å². The minimum absolute atomic E-state index is 0. The molecule has 3 aliphatic rings. The van der Waals surface area contributed by atoms with Crippen molar-refractivity contribution in [3.63, 3.8) is 0 Å². The van der Waals surface area contributed by atoms with E-state index >= 15 is 0 Å². The van der Waals surface area contributed by atoms with E-state index in [1.165, 1.54) is 12.1 Å². The first kappa shape index (κ1) is 78.7. The number of nitriles is 3. The summed E-state index contributed by atoms with van der Waals surface area (Å²) in [6.45, 7) is 5.96. The van der Waals surface area contributed by atoms with Crippen molar-refractivity contribution in [2.24, 2.45) is 0 Å². The Morgan fingerprint density at radius 1 is 0.481 bits per heavy atom. The number of carbonyl (C=O) groups excluding carboxylic acids is 2. The van der Waals surface area contributed by atoms with Gasteiger partial charge in [-0.3, -0.25) is 19.7 Å². The van der Waals surface area contributed by atoms with Gasteiger partial charge in [-0.2, -0.15) is 15.8 Å². The van der Waals surface area contributed by atoms with Gasteiger partial charge in [0.15, 0.2) is 16.7 Å². The molecule has 3 aliphatic heterocycles. The van der Waals surface area contributed by atoms with E-state index in [1.807, 2.05) is 123 Å². The van der Waals surface area contributed by atoms with E-state index in [-0.39, 0.29) is 60.1 Å². The summed E-state index contributed by atoms with van der Waals surface area (Å²) in [5.74, 6) is 2.14. The van der Waals surface area contributed by atoms with E-state index < -0.39 is 5.97 Å². The van der Waals surface area contributed by atoms with Gasteiger partial charge < -0.3 is 67.2 Å². The summed E-state index contributed by atoms with van der Waals surface area (Å²) in [5, 5.41) is 41.1. The third kappa shape index (κ3) is 18.8. The standard InChI is InChI=1S/C28H25N3O4.C28H24N2O5.C26H20N2O5.C2H7N.Li.H2O/c1-31(2)28(32)19-7-5-18(6-8-19)26-15-24-27(35-26)23(11-12-30-24)20-9-10-25(21(14-20)16-29)34-22-4-3-13-33-17-22;1-2-33-28(31)19-7-5-18(6-8-19)26-15-24-27(35-26)23(11-12-30-24)20-9-10-25(21(14-20)16-29)34-22-4-3-13-32-17-22;27-14-19-12-18(7-8-23(19)32-20-2-1-11-31-15-20)21-9-10-28-22-13-24(33-25(21)22)16-3-5-17(6-4-16)26(29)30;1-3-2;;/h5-12,14-15,22H,3-4,13,17H2,1-2H3;5-12,14-15,22H,2-4,13,17H2,1H3;3-10,12-13,20H,1-2,11,15H2,(H,29,30);3H,1-2H3;;1H2/q;;;;+1;/p-1. The Morgan fingerprint density at radius 2 is 0.796 bits per heavy atom. The van der Waals surface area contributed by atoms with Crippen LogP contribution in [0.2, 0.25) is 0 Å². The zero-order valence-electron chi connectivity index (χ0n) is 60.6. The molecule has 544 valence electrons. The van der Waals surface area contributed by atoms with Crippen LogP contribution in [0.15, 0.2) is 196 Å². The van der Waals surface area contributed by atoms with E-state index in [0.29, 0.717) is 122 Å². The summed E-state index contributed by atoms with van der Waals surface area (Å²) in [7, 11) is 7.20. The fourth-order valence-electron chi connectivity index (χ4n) is 12.3. The largest absolute Gasteiger partial charge is 1.00 e. The molecule has 0 spiro atoms. The number of furan rings is 3. The number of carbonyl (C=O) groups is 3. The van der Waals surface area contributed by atoms with Crippen LogP contribution in [-0.4, -0.2) is 141 Å². The Balaban J connectivity index is 0.000000168. The number of ether oxygens (including phenoxy) is 7. The number of hydrogen-bond acceptors (Lipinski definition) is 21. The number of rotatable bonds is 16. The number of benzene rings is 6. The van der Waals surface area contributed by atoms with Crippen molar-refractivity contribution < 1.29 is 90.2 Å². The van der Waals surface area contributed by atoms with E-state index in [9.17, 15) is 30.2 Å². The molecule has 24 heteroatoms. The van der Waals surface area contributed by atoms with Crippen LogP contribution in [0.25, 0.3) is 101 Å². The van der Waals surface area contributed by atoms with Gasteiger partial charge in [-0.15, -0.1) is 0 Å². The molecule has 0 aliphatic carbocycles. The van der Waals surface area contributed by atoms with E-state index in [2.05, 4.69) is 38.5 Å². The van der Waals surface area contributed by atoms with Crippen LogP contribution in [0.1, 0.15) is 93.2 Å². The third-order valence-electron chi connectivity index (χ3n) is 17.6. The van der Waals surface area contributed by atoms with Gasteiger partial charge in [-0.25, -0.2) is 9.59 Å². The average molecular weight is 1450 g/mol. The Morgan fingerprint density at radius 3 is 1.08 bits per heavy atom. The second-order valence-electron chi connectivity index (χ2n) is 25.3. The molecular weight excluding hydrogens is 1370 g/mol. The first-order valence-corrected chi connectivity index (χ1v) is 34.8. The molecule has 0 saturated carbocycles. The number of nitrogens with one attached hydrogen (secondary N) is 1. The first-order valence-electron chi connectivity index (χ1n) is 34.8. The molecule has 3 saturated heterocycles. The van der Waals surface area contributed by atoms with Crippen molar-refractivity contribution in [3.8, 4) is 103 Å². The molecule has 3 atom stereocenters. The maximum atomic E-state index is 12.2. The van der Waals surface area contributed by atoms with Crippen LogP contribution in [0.3, 0.4) is 0 Å². The number of carboxylic acid groups (broad SMARTS) is 1. The Bertz CT molecular complexity index is 5230. The van der Waals surface area contributed by atoms with Gasteiger partial charge in [0.25, 0.3) is 5.91 Å². The second kappa shape index (κ2) is 37.4. The van der Waals surface area contributed by atoms with E-state index in [4.69, 9.17) is 51.5 Å². The van der Waals surface area contributed by atoms with E-state index in [1.54, 1.807) is 87.0 Å². The van der Waals surface area contributed by atoms with Gasteiger partial charge >= 0.3 is 30.8 Å². The van der Waals surface area contributed by atoms with Gasteiger partial charge in [0, 0.05) is 110 Å². The zero-order chi connectivity index (χ0) is 74.1. The number of pyridine rings is 3. The summed E-state index contributed by atoms with van der Waals surface area (Å²) in [4.78, 5) is 50.1. The Kier molecular flexibility index (Phi) is 27.2. The van der Waals surface area contributed by atoms with Crippen molar-refractivity contribution in [3.05, 3.63) is 216 Å². The minimum Gasteiger partial charge on any atom is -0.870 e. The summed E-state index contributed by atoms with van der Waals surface area (Å²) < 4.78 is 58.2. The van der Waals surface area contributed by atoms with Crippen molar-refractivity contribution in [1.82, 2.24) is 25.2 Å². The summed E-state index contributed by atoms with van der Waals surface area (Å²) >= 11 is 0. The molecule has 15 rings (SSSR count). The smallest absolute Gasteiger partial charge is 0.870 e. The minimum atomic E-state index is -0.980. The van der Waals surface area contributed by atoms with Gasteiger partial charge in [0.2, 0.25) is 0 Å². The number of fused-ring (bicyclic) bond motifs is 3. The predicted molar refractivity (Wildman–Crippen MR) is 400 cm³/mol. The molecule has 1 amide bonds. The number of aromatic carboxylic acids is 1. The van der Waals surface area contributed by atoms with Crippen LogP contribution < -0.4 is 38.4 Å². The molecule has 108 heavy (non-hydrogen) atoms. The molecule has 3 unspecified atom stereocenters. The SMILES string of the molecule is CCOC(=O)c1ccc(-c2cc3nccc(-c4ccc(OC5CCCOC5)c(C#N)c4)c3o2)cc1.CN(C)C(=O)c1ccc(-c2cc3nccc(-c4ccc(OC5CCCOC5)c(C#N)c4)c3o2)cc1.CNC.N#Cc1cc(-c2ccnc3cc(-c4ccc(C(=O)O)cc4)oc23)ccc1OC1CCCOC1.[Li+].[OH-].